The first-order valence-corrected chi connectivity index (χ1v) is 19.3. The lowest BCUT2D eigenvalue weighted by Crippen LogP contribution is -2.33. The molecule has 5 aromatic rings. The largest absolute Gasteiger partial charge is 0.508 e. The number of aromatic hydroxyl groups is 1. The highest BCUT2D eigenvalue weighted by Crippen LogP contribution is 2.26. The van der Waals surface area contributed by atoms with Crippen LogP contribution in [-0.2, 0) is 27.5 Å². The summed E-state index contributed by atoms with van der Waals surface area (Å²) in [6.07, 6.45) is 11.3. The van der Waals surface area contributed by atoms with E-state index in [9.17, 15) is 18.3 Å². The topological polar surface area (TPSA) is 139 Å². The van der Waals surface area contributed by atoms with Crippen molar-refractivity contribution in [1.29, 1.82) is 0 Å². The summed E-state index contributed by atoms with van der Waals surface area (Å²) >= 11 is 6.28. The van der Waals surface area contributed by atoms with Gasteiger partial charge in [-0.1, -0.05) is 75.6 Å². The molecular weight excluding hydrogens is 674 g/mol. The average Bonchev–Trinajstić information content (AvgIpc) is 3.64. The minimum Gasteiger partial charge on any atom is -0.508 e. The van der Waals surface area contributed by atoms with E-state index >= 15 is 0 Å². The molecule has 2 aromatic heterocycles. The van der Waals surface area contributed by atoms with E-state index in [0.717, 1.165) is 55.6 Å². The van der Waals surface area contributed by atoms with Gasteiger partial charge < -0.3 is 15.2 Å². The fourth-order valence-corrected chi connectivity index (χ4v) is 7.31. The van der Waals surface area contributed by atoms with Crippen LogP contribution in [0.1, 0.15) is 88.2 Å². The lowest BCUT2D eigenvalue weighted by atomic mass is 10.0. The summed E-state index contributed by atoms with van der Waals surface area (Å²) in [5, 5.41) is 24.8. The van der Waals surface area contributed by atoms with Gasteiger partial charge in [-0.2, -0.15) is 0 Å². The molecule has 1 unspecified atom stereocenters. The zero-order valence-electron chi connectivity index (χ0n) is 28.7. The van der Waals surface area contributed by atoms with Crippen molar-refractivity contribution in [3.63, 3.8) is 0 Å². The Balaban J connectivity index is 1.18. The van der Waals surface area contributed by atoms with E-state index < -0.39 is 15.9 Å². The van der Waals surface area contributed by atoms with Gasteiger partial charge in [0.25, 0.3) is 5.91 Å². The number of aromatic amines is 1. The summed E-state index contributed by atoms with van der Waals surface area (Å²) in [6, 6.07) is 19.3. The monoisotopic (exact) mass is 719 g/mol. The number of aromatic nitrogens is 4. The zero-order chi connectivity index (χ0) is 35.5. The number of phenolic OH excluding ortho intramolecular Hbond substituents is 1. The summed E-state index contributed by atoms with van der Waals surface area (Å²) in [4.78, 5) is 13.7. The molecule has 0 fully saturated rings. The Morgan fingerprint density at radius 2 is 1.48 bits per heavy atom. The molecule has 10 nitrogen and oxygen atoms in total. The number of aryl methyl sites for hydroxylation is 3. The van der Waals surface area contributed by atoms with Gasteiger partial charge in [0.15, 0.2) is 17.6 Å². The summed E-state index contributed by atoms with van der Waals surface area (Å²) in [5.41, 5.74) is 3.31. The number of sulfone groups is 1. The number of halogens is 1. The highest BCUT2D eigenvalue weighted by Gasteiger charge is 2.22. The van der Waals surface area contributed by atoms with Gasteiger partial charge in [-0.3, -0.25) is 9.89 Å². The number of unbranched alkanes of at least 4 members (excludes halogenated alkanes) is 7. The second kappa shape index (κ2) is 17.5. The van der Waals surface area contributed by atoms with Crippen LogP contribution < -0.4 is 10.1 Å². The van der Waals surface area contributed by atoms with Gasteiger partial charge >= 0.3 is 0 Å². The minimum absolute atomic E-state index is 0.0104. The number of hydrogen-bond acceptors (Lipinski definition) is 7. The van der Waals surface area contributed by atoms with Crippen molar-refractivity contribution >= 4 is 38.7 Å². The van der Waals surface area contributed by atoms with E-state index in [2.05, 4.69) is 27.5 Å². The molecule has 12 heteroatoms. The van der Waals surface area contributed by atoms with Gasteiger partial charge in [0.05, 0.1) is 15.5 Å². The van der Waals surface area contributed by atoms with Gasteiger partial charge in [-0.15, -0.1) is 10.2 Å². The fourth-order valence-electron chi connectivity index (χ4n) is 5.88. The van der Waals surface area contributed by atoms with Crippen LogP contribution >= 0.6 is 11.6 Å². The maximum atomic E-state index is 13.5. The third-order valence-electron chi connectivity index (χ3n) is 8.79. The molecule has 2 heterocycles. The predicted molar refractivity (Wildman–Crippen MR) is 196 cm³/mol. The van der Waals surface area contributed by atoms with Crippen LogP contribution in [0.5, 0.6) is 11.5 Å². The number of fused-ring (bicyclic) bond motifs is 1. The number of ether oxygens (including phenoxy) is 1. The van der Waals surface area contributed by atoms with Crippen molar-refractivity contribution in [3.8, 4) is 11.5 Å². The number of carbonyl (C=O) groups excluding carboxylic acids is 1. The smallest absolute Gasteiger partial charge is 0.265 e. The number of hydrogen-bond donors (Lipinski definition) is 3. The number of benzene rings is 3. The van der Waals surface area contributed by atoms with Gasteiger partial charge in [-0.05, 0) is 98.8 Å². The van der Waals surface area contributed by atoms with Crippen molar-refractivity contribution in [1.82, 2.24) is 19.8 Å². The molecule has 0 radical (unpaired) electrons. The van der Waals surface area contributed by atoms with E-state index in [-0.39, 0.29) is 21.4 Å². The summed E-state index contributed by atoms with van der Waals surface area (Å²) in [6.45, 7) is 4.11. The molecule has 0 aliphatic heterocycles. The molecule has 0 aliphatic carbocycles. The quantitative estimate of drug-likeness (QED) is 0.0726. The highest BCUT2D eigenvalue weighted by atomic mass is 35.5. The maximum absolute atomic E-state index is 13.5. The van der Waals surface area contributed by atoms with Crippen molar-refractivity contribution in [3.05, 3.63) is 94.9 Å². The van der Waals surface area contributed by atoms with Crippen LogP contribution in [0.25, 0.3) is 5.65 Å². The predicted octanol–water partition coefficient (Wildman–Crippen LogP) is 8.65. The van der Waals surface area contributed by atoms with Gasteiger partial charge in [0.2, 0.25) is 9.84 Å². The normalized spacial score (nSPS) is 12.3. The number of nitrogens with zero attached hydrogens (tertiary/aromatic N) is 3. The number of anilines is 1. The second-order valence-electron chi connectivity index (χ2n) is 12.7. The molecule has 0 saturated carbocycles. The first-order valence-electron chi connectivity index (χ1n) is 17.4. The van der Waals surface area contributed by atoms with Crippen molar-refractivity contribution in [2.24, 2.45) is 0 Å². The molecule has 3 N–H and O–H groups in total. The Labute approximate surface area is 299 Å². The molecule has 1 atom stereocenters. The van der Waals surface area contributed by atoms with E-state index in [4.69, 9.17) is 16.3 Å². The van der Waals surface area contributed by atoms with Crippen LogP contribution in [0.2, 0.25) is 5.02 Å². The number of H-pyrrole nitrogens is 1. The molecule has 0 spiro atoms. The molecular formula is C38H46ClN5O5S. The van der Waals surface area contributed by atoms with E-state index in [1.807, 2.05) is 35.7 Å². The SMILES string of the molecule is CCCCCCCCCCC(Oc1ccc(S(=O)(=O)c2ccc(O)cc2)cc1)C(=O)Nc1ccc(CCCc2nnc3c(Cl)c(C)[nH]n23)cc1. The standard InChI is InChI=1S/C38H46ClN5O5S/c1-3-4-5-6-7-8-9-10-13-34(49-31-21-25-33(26-22-31)50(47,48)32-23-19-30(45)20-24-32)38(46)40-29-17-15-28(16-18-29)12-11-14-35-41-42-37-36(39)27(2)43-44(35)37/h15-26,34,43,45H,3-14H2,1-2H3,(H,40,46). The third kappa shape index (κ3) is 9.66. The summed E-state index contributed by atoms with van der Waals surface area (Å²) in [7, 11) is -3.78. The number of nitrogens with one attached hydrogen (secondary N) is 2. The molecule has 1 amide bonds. The van der Waals surface area contributed by atoms with Gasteiger partial charge in [-0.25, -0.2) is 12.9 Å². The van der Waals surface area contributed by atoms with Gasteiger partial charge in [0, 0.05) is 12.1 Å². The van der Waals surface area contributed by atoms with Crippen LogP contribution in [0.4, 0.5) is 5.69 Å². The van der Waals surface area contributed by atoms with Crippen LogP contribution in [-0.4, -0.2) is 45.3 Å². The van der Waals surface area contributed by atoms with Crippen LogP contribution in [0.15, 0.2) is 82.6 Å². The lowest BCUT2D eigenvalue weighted by molar-refractivity contribution is -0.123. The van der Waals surface area contributed by atoms with E-state index in [1.54, 1.807) is 12.1 Å². The number of phenols is 1. The number of rotatable bonds is 19. The molecule has 5 rings (SSSR count). The average molecular weight is 720 g/mol. The highest BCUT2D eigenvalue weighted by molar-refractivity contribution is 7.91. The second-order valence-corrected chi connectivity index (χ2v) is 15.0. The Kier molecular flexibility index (Phi) is 12.9. The van der Waals surface area contributed by atoms with Crippen LogP contribution in [0.3, 0.4) is 0 Å². The maximum Gasteiger partial charge on any atom is 0.265 e. The minimum atomic E-state index is -3.78. The summed E-state index contributed by atoms with van der Waals surface area (Å²) in [5.74, 6) is 0.975. The Hall–Kier alpha value is -4.35. The lowest BCUT2D eigenvalue weighted by Gasteiger charge is -2.19. The molecule has 0 aliphatic rings. The summed E-state index contributed by atoms with van der Waals surface area (Å²) < 4.78 is 34.2. The first kappa shape index (κ1) is 36.9. The Bertz CT molecular complexity index is 1940. The van der Waals surface area contributed by atoms with Gasteiger partial charge in [0.1, 0.15) is 16.5 Å². The van der Waals surface area contributed by atoms with Crippen molar-refractivity contribution < 1.29 is 23.1 Å². The third-order valence-corrected chi connectivity index (χ3v) is 11.0. The van der Waals surface area contributed by atoms with E-state index in [0.29, 0.717) is 28.5 Å². The number of amides is 1. The Morgan fingerprint density at radius 3 is 2.14 bits per heavy atom. The molecule has 0 saturated heterocycles. The molecule has 266 valence electrons. The number of carbonyl (C=O) groups is 1. The first-order chi connectivity index (χ1) is 24.2. The van der Waals surface area contributed by atoms with Crippen molar-refractivity contribution in [2.75, 3.05) is 5.32 Å². The Morgan fingerprint density at radius 1 is 0.860 bits per heavy atom. The van der Waals surface area contributed by atoms with E-state index in [1.165, 1.54) is 68.5 Å². The zero-order valence-corrected chi connectivity index (χ0v) is 30.3. The molecule has 3 aromatic carbocycles. The molecule has 50 heavy (non-hydrogen) atoms. The fraction of sp³-hybridized carbons (Fsp3) is 0.395. The van der Waals surface area contributed by atoms with Crippen molar-refractivity contribution in [2.45, 2.75) is 107 Å². The molecule has 0 bridgehead atoms. The van der Waals surface area contributed by atoms with Crippen LogP contribution in [0, 0.1) is 6.92 Å².